The Labute approximate surface area is 130 Å². The van der Waals surface area contributed by atoms with Crippen molar-refractivity contribution in [2.45, 2.75) is 6.42 Å². The monoisotopic (exact) mass is 341 g/mol. The second-order valence-electron chi connectivity index (χ2n) is 4.58. The molecule has 3 aromatic rings. The Balaban J connectivity index is 1.77. The molecular weight excluding hydrogens is 330 g/mol. The molecule has 0 aliphatic carbocycles. The number of benzene rings is 2. The fourth-order valence-corrected chi connectivity index (χ4v) is 2.22. The molecule has 4 nitrogen and oxygen atoms in total. The van der Waals surface area contributed by atoms with Crippen molar-refractivity contribution in [2.24, 2.45) is 0 Å². The fourth-order valence-electron chi connectivity index (χ4n) is 1.95. The van der Waals surface area contributed by atoms with E-state index in [0.717, 1.165) is 15.7 Å². The molecule has 0 aliphatic heterocycles. The van der Waals surface area contributed by atoms with Crippen molar-refractivity contribution in [3.8, 4) is 5.69 Å². The van der Waals surface area contributed by atoms with Crippen LogP contribution >= 0.6 is 15.9 Å². The molecule has 2 aromatic carbocycles. The van der Waals surface area contributed by atoms with Gasteiger partial charge in [-0.05, 0) is 29.8 Å². The molecule has 1 heterocycles. The maximum Gasteiger partial charge on any atom is 0.189 e. The third-order valence-corrected chi connectivity index (χ3v) is 3.57. The molecule has 0 radical (unpaired) electrons. The molecule has 3 rings (SSSR count). The number of Topliss-reactive ketones (excluding diaryl/α,β-unsaturated/α-hetero) is 1. The standard InChI is InChI=1S/C16H12BrN3O/c17-13-8-6-12(7-9-13)10-16(21)15-11-18-20(19-15)14-4-2-1-3-5-14/h1-9,11H,10H2. The summed E-state index contributed by atoms with van der Waals surface area (Å²) < 4.78 is 0.994. The number of nitrogens with zero attached hydrogens (tertiary/aromatic N) is 3. The highest BCUT2D eigenvalue weighted by Gasteiger charge is 2.12. The molecule has 0 N–H and O–H groups in total. The van der Waals surface area contributed by atoms with Gasteiger partial charge < -0.3 is 0 Å². The van der Waals surface area contributed by atoms with Crippen LogP contribution in [-0.4, -0.2) is 20.8 Å². The lowest BCUT2D eigenvalue weighted by atomic mass is 10.1. The topological polar surface area (TPSA) is 47.8 Å². The van der Waals surface area contributed by atoms with Crippen molar-refractivity contribution in [2.75, 3.05) is 0 Å². The van der Waals surface area contributed by atoms with Crippen LogP contribution in [0.4, 0.5) is 0 Å². The first kappa shape index (κ1) is 13.7. The highest BCUT2D eigenvalue weighted by atomic mass is 79.9. The van der Waals surface area contributed by atoms with E-state index < -0.39 is 0 Å². The minimum absolute atomic E-state index is 0.0421. The van der Waals surface area contributed by atoms with Crippen LogP contribution in [-0.2, 0) is 6.42 Å². The molecule has 0 aliphatic rings. The van der Waals surface area contributed by atoms with Crippen molar-refractivity contribution in [3.63, 3.8) is 0 Å². The maximum absolute atomic E-state index is 12.2. The Morgan fingerprint density at radius 3 is 2.48 bits per heavy atom. The molecule has 0 saturated heterocycles. The van der Waals surface area contributed by atoms with Gasteiger partial charge in [0, 0.05) is 10.9 Å². The molecule has 104 valence electrons. The molecule has 0 saturated carbocycles. The van der Waals surface area contributed by atoms with Gasteiger partial charge in [0.15, 0.2) is 5.78 Å². The Morgan fingerprint density at radius 1 is 1.05 bits per heavy atom. The molecule has 5 heteroatoms. The summed E-state index contributed by atoms with van der Waals surface area (Å²) in [5.74, 6) is -0.0421. The lowest BCUT2D eigenvalue weighted by Crippen LogP contribution is -2.06. The van der Waals surface area contributed by atoms with E-state index in [0.29, 0.717) is 12.1 Å². The van der Waals surface area contributed by atoms with Gasteiger partial charge >= 0.3 is 0 Å². The van der Waals surface area contributed by atoms with Crippen LogP contribution in [0, 0.1) is 0 Å². The highest BCUT2D eigenvalue weighted by molar-refractivity contribution is 9.10. The number of aromatic nitrogens is 3. The minimum Gasteiger partial charge on any atom is -0.292 e. The van der Waals surface area contributed by atoms with Crippen molar-refractivity contribution < 1.29 is 4.79 Å². The van der Waals surface area contributed by atoms with Gasteiger partial charge in [-0.1, -0.05) is 46.3 Å². The van der Waals surface area contributed by atoms with Crippen molar-refractivity contribution in [3.05, 3.63) is 76.5 Å². The van der Waals surface area contributed by atoms with E-state index in [2.05, 4.69) is 26.1 Å². The van der Waals surface area contributed by atoms with Gasteiger partial charge in [-0.2, -0.15) is 9.90 Å². The Bertz CT molecular complexity index is 751. The summed E-state index contributed by atoms with van der Waals surface area (Å²) in [6.07, 6.45) is 1.83. The van der Waals surface area contributed by atoms with Gasteiger partial charge in [0.1, 0.15) is 5.69 Å². The lowest BCUT2D eigenvalue weighted by Gasteiger charge is -1.99. The van der Waals surface area contributed by atoms with Gasteiger partial charge in [-0.25, -0.2) is 0 Å². The first-order chi connectivity index (χ1) is 10.2. The van der Waals surface area contributed by atoms with Gasteiger partial charge in [0.2, 0.25) is 0 Å². The van der Waals surface area contributed by atoms with E-state index in [1.54, 1.807) is 0 Å². The van der Waals surface area contributed by atoms with Crippen molar-refractivity contribution in [1.82, 2.24) is 15.0 Å². The molecule has 0 amide bonds. The number of halogens is 1. The van der Waals surface area contributed by atoms with Crippen LogP contribution in [0.5, 0.6) is 0 Å². The van der Waals surface area contributed by atoms with Crippen molar-refractivity contribution in [1.29, 1.82) is 0 Å². The van der Waals surface area contributed by atoms with Gasteiger partial charge in [-0.3, -0.25) is 4.79 Å². The number of hydrogen-bond acceptors (Lipinski definition) is 3. The van der Waals surface area contributed by atoms with Crippen LogP contribution < -0.4 is 0 Å². The first-order valence-corrected chi connectivity index (χ1v) is 7.27. The number of ketones is 1. The van der Waals surface area contributed by atoms with Crippen molar-refractivity contribution >= 4 is 21.7 Å². The van der Waals surface area contributed by atoms with Gasteiger partial charge in [-0.15, -0.1) is 5.10 Å². The predicted molar refractivity (Wildman–Crippen MR) is 83.5 cm³/mol. The molecule has 0 atom stereocenters. The summed E-state index contributed by atoms with van der Waals surface area (Å²) >= 11 is 3.38. The molecule has 21 heavy (non-hydrogen) atoms. The van der Waals surface area contributed by atoms with E-state index in [9.17, 15) is 4.79 Å². The molecule has 0 bridgehead atoms. The van der Waals surface area contributed by atoms with Crippen LogP contribution in [0.25, 0.3) is 5.69 Å². The largest absolute Gasteiger partial charge is 0.292 e. The zero-order chi connectivity index (χ0) is 14.7. The highest BCUT2D eigenvalue weighted by Crippen LogP contribution is 2.12. The molecule has 0 fully saturated rings. The number of carbonyl (C=O) groups is 1. The molecule has 0 unspecified atom stereocenters. The summed E-state index contributed by atoms with van der Waals surface area (Å²) in [5, 5.41) is 8.38. The van der Waals surface area contributed by atoms with E-state index >= 15 is 0 Å². The van der Waals surface area contributed by atoms with Crippen LogP contribution in [0.1, 0.15) is 16.1 Å². The smallest absolute Gasteiger partial charge is 0.189 e. The average Bonchev–Trinajstić information content (AvgIpc) is 3.00. The third kappa shape index (κ3) is 3.25. The Morgan fingerprint density at radius 2 is 1.76 bits per heavy atom. The Hall–Kier alpha value is -2.27. The zero-order valence-electron chi connectivity index (χ0n) is 11.1. The summed E-state index contributed by atoms with van der Waals surface area (Å²) in [4.78, 5) is 13.7. The quantitative estimate of drug-likeness (QED) is 0.683. The fraction of sp³-hybridized carbons (Fsp3) is 0.0625. The lowest BCUT2D eigenvalue weighted by molar-refractivity contribution is 0.0988. The maximum atomic E-state index is 12.2. The van der Waals surface area contributed by atoms with E-state index in [1.807, 2.05) is 54.6 Å². The van der Waals surface area contributed by atoms with Gasteiger partial charge in [0.05, 0.1) is 11.9 Å². The summed E-state index contributed by atoms with van der Waals surface area (Å²) in [6, 6.07) is 17.2. The van der Waals surface area contributed by atoms with E-state index in [4.69, 9.17) is 0 Å². The molecular formula is C16H12BrN3O. The van der Waals surface area contributed by atoms with E-state index in [1.165, 1.54) is 11.0 Å². The molecule has 0 spiro atoms. The normalized spacial score (nSPS) is 10.5. The minimum atomic E-state index is -0.0421. The molecule has 1 aromatic heterocycles. The summed E-state index contributed by atoms with van der Waals surface area (Å²) in [6.45, 7) is 0. The van der Waals surface area contributed by atoms with Gasteiger partial charge in [0.25, 0.3) is 0 Å². The van der Waals surface area contributed by atoms with Crippen LogP contribution in [0.2, 0.25) is 0 Å². The second-order valence-corrected chi connectivity index (χ2v) is 5.50. The number of para-hydroxylation sites is 1. The van der Waals surface area contributed by atoms with Crippen LogP contribution in [0.15, 0.2) is 65.3 Å². The number of rotatable bonds is 4. The zero-order valence-corrected chi connectivity index (χ0v) is 12.7. The predicted octanol–water partition coefficient (Wildman–Crippen LogP) is 3.46. The van der Waals surface area contributed by atoms with Crippen LogP contribution in [0.3, 0.4) is 0 Å². The first-order valence-electron chi connectivity index (χ1n) is 6.48. The summed E-state index contributed by atoms with van der Waals surface area (Å²) in [5.41, 5.74) is 2.17. The SMILES string of the molecule is O=C(Cc1ccc(Br)cc1)c1cnn(-c2ccccc2)n1. The number of hydrogen-bond donors (Lipinski definition) is 0. The third-order valence-electron chi connectivity index (χ3n) is 3.04. The van der Waals surface area contributed by atoms with E-state index in [-0.39, 0.29) is 5.78 Å². The summed E-state index contributed by atoms with van der Waals surface area (Å²) in [7, 11) is 0. The second kappa shape index (κ2) is 6.01. The number of carbonyl (C=O) groups excluding carboxylic acids is 1. The Kier molecular flexibility index (Phi) is 3.92. The average molecular weight is 342 g/mol.